The topological polar surface area (TPSA) is 91.9 Å². The molecule has 0 unspecified atom stereocenters. The number of alkyl halides is 6. The first-order valence-electron chi connectivity index (χ1n) is 11.9. The van der Waals surface area contributed by atoms with Gasteiger partial charge in [0.15, 0.2) is 15.5 Å². The van der Waals surface area contributed by atoms with E-state index in [-0.39, 0.29) is 21.8 Å². The molecule has 0 aliphatic rings. The fraction of sp³-hybridized carbons (Fsp3) is 0.148. The van der Waals surface area contributed by atoms with Gasteiger partial charge in [-0.2, -0.15) is 18.3 Å². The second-order valence-electron chi connectivity index (χ2n) is 9.17. The van der Waals surface area contributed by atoms with Gasteiger partial charge in [-0.05, 0) is 59.7 Å². The molecule has 218 valence electrons. The Kier molecular flexibility index (Phi) is 7.08. The van der Waals surface area contributed by atoms with Gasteiger partial charge >= 0.3 is 12.5 Å². The van der Waals surface area contributed by atoms with Crippen molar-refractivity contribution >= 4 is 9.84 Å². The summed E-state index contributed by atoms with van der Waals surface area (Å²) in [6.45, 7) is 0. The molecule has 5 aromatic rings. The SMILES string of the molecule is Cn1nc(C(F)(F)F)cc1-c1ccc(-c2cccc(S(C)(=O)=O)c2)cc1-n1nncc1-c1ccc(OC(F)(F)F)cc1. The molecule has 42 heavy (non-hydrogen) atoms. The molecule has 3 aromatic carbocycles. The first-order valence-corrected chi connectivity index (χ1v) is 13.8. The number of ether oxygens (including phenoxy) is 1. The summed E-state index contributed by atoms with van der Waals surface area (Å²) >= 11 is 0. The number of sulfone groups is 1. The molecule has 0 amide bonds. The van der Waals surface area contributed by atoms with Crippen LogP contribution in [0.15, 0.2) is 83.9 Å². The van der Waals surface area contributed by atoms with E-state index < -0.39 is 33.8 Å². The number of aryl methyl sites for hydroxylation is 1. The van der Waals surface area contributed by atoms with Crippen molar-refractivity contribution in [1.82, 2.24) is 24.8 Å². The molecule has 0 aliphatic carbocycles. The zero-order valence-electron chi connectivity index (χ0n) is 21.6. The van der Waals surface area contributed by atoms with Gasteiger partial charge in [-0.15, -0.1) is 18.3 Å². The van der Waals surface area contributed by atoms with Gasteiger partial charge in [0, 0.05) is 24.4 Å². The average molecular weight is 608 g/mol. The molecule has 0 radical (unpaired) electrons. The normalized spacial score (nSPS) is 12.5. The van der Waals surface area contributed by atoms with E-state index in [0.29, 0.717) is 22.4 Å². The summed E-state index contributed by atoms with van der Waals surface area (Å²) in [6, 6.07) is 16.6. The molecule has 0 N–H and O–H groups in total. The van der Waals surface area contributed by atoms with Crippen LogP contribution < -0.4 is 4.74 Å². The van der Waals surface area contributed by atoms with Crippen molar-refractivity contribution in [3.8, 4) is 45.1 Å². The van der Waals surface area contributed by atoms with Crippen LogP contribution in [0.1, 0.15) is 5.69 Å². The fourth-order valence-electron chi connectivity index (χ4n) is 4.30. The molecule has 0 saturated carbocycles. The van der Waals surface area contributed by atoms with E-state index in [1.807, 2.05) is 0 Å². The second-order valence-corrected chi connectivity index (χ2v) is 11.2. The predicted molar refractivity (Wildman–Crippen MR) is 139 cm³/mol. The summed E-state index contributed by atoms with van der Waals surface area (Å²) in [5, 5.41) is 11.6. The van der Waals surface area contributed by atoms with Crippen LogP contribution in [-0.2, 0) is 23.1 Å². The number of aromatic nitrogens is 5. The van der Waals surface area contributed by atoms with Gasteiger partial charge in [0.1, 0.15) is 5.75 Å². The highest BCUT2D eigenvalue weighted by Gasteiger charge is 2.35. The smallest absolute Gasteiger partial charge is 0.406 e. The largest absolute Gasteiger partial charge is 0.573 e. The van der Waals surface area contributed by atoms with Crippen LogP contribution in [0.3, 0.4) is 0 Å². The zero-order valence-corrected chi connectivity index (χ0v) is 22.5. The molecule has 2 heterocycles. The van der Waals surface area contributed by atoms with Gasteiger partial charge in [0.25, 0.3) is 0 Å². The highest BCUT2D eigenvalue weighted by Crippen LogP contribution is 2.37. The first kappa shape index (κ1) is 28.9. The molecule has 0 saturated heterocycles. The van der Waals surface area contributed by atoms with E-state index in [1.165, 1.54) is 42.2 Å². The van der Waals surface area contributed by atoms with Gasteiger partial charge in [0.05, 0.1) is 28.2 Å². The lowest BCUT2D eigenvalue weighted by Crippen LogP contribution is -2.16. The molecule has 5 rings (SSSR count). The second kappa shape index (κ2) is 10.3. The summed E-state index contributed by atoms with van der Waals surface area (Å²) in [7, 11) is -2.19. The first-order chi connectivity index (χ1) is 19.6. The highest BCUT2D eigenvalue weighted by atomic mass is 32.2. The van der Waals surface area contributed by atoms with Crippen LogP contribution in [0.2, 0.25) is 0 Å². The molecule has 0 atom stereocenters. The van der Waals surface area contributed by atoms with Crippen LogP contribution in [0.4, 0.5) is 26.3 Å². The molecule has 0 aliphatic heterocycles. The van der Waals surface area contributed by atoms with Crippen molar-refractivity contribution in [1.29, 1.82) is 0 Å². The Morgan fingerprint density at radius 3 is 2.10 bits per heavy atom. The minimum Gasteiger partial charge on any atom is -0.406 e. The quantitative estimate of drug-likeness (QED) is 0.210. The summed E-state index contributed by atoms with van der Waals surface area (Å²) in [5.74, 6) is -0.451. The van der Waals surface area contributed by atoms with Gasteiger partial charge in [-0.1, -0.05) is 29.5 Å². The Balaban J connectivity index is 1.69. The van der Waals surface area contributed by atoms with E-state index in [2.05, 4.69) is 20.1 Å². The lowest BCUT2D eigenvalue weighted by atomic mass is 10.00. The van der Waals surface area contributed by atoms with Crippen molar-refractivity contribution in [2.45, 2.75) is 17.4 Å². The van der Waals surface area contributed by atoms with Crippen molar-refractivity contribution < 1.29 is 39.5 Å². The Labute approximate surface area is 234 Å². The minimum absolute atomic E-state index is 0.0645. The Hall–Kier alpha value is -4.66. The third-order valence-electron chi connectivity index (χ3n) is 6.20. The van der Waals surface area contributed by atoms with Crippen molar-refractivity contribution in [2.75, 3.05) is 6.26 Å². The molecule has 8 nitrogen and oxygen atoms in total. The predicted octanol–water partition coefficient (Wildman–Crippen LogP) is 6.32. The fourth-order valence-corrected chi connectivity index (χ4v) is 4.97. The van der Waals surface area contributed by atoms with E-state index >= 15 is 0 Å². The Morgan fingerprint density at radius 1 is 0.810 bits per heavy atom. The number of rotatable bonds is 6. The zero-order chi connectivity index (χ0) is 30.4. The van der Waals surface area contributed by atoms with Gasteiger partial charge in [-0.25, -0.2) is 13.1 Å². The molecule has 15 heteroatoms. The van der Waals surface area contributed by atoms with Crippen molar-refractivity contribution in [3.63, 3.8) is 0 Å². The van der Waals surface area contributed by atoms with Crippen LogP contribution >= 0.6 is 0 Å². The average Bonchev–Trinajstić information content (AvgIpc) is 3.54. The summed E-state index contributed by atoms with van der Waals surface area (Å²) in [4.78, 5) is 0.0645. The molecule has 0 fully saturated rings. The van der Waals surface area contributed by atoms with E-state index in [0.717, 1.165) is 29.1 Å². The lowest BCUT2D eigenvalue weighted by molar-refractivity contribution is -0.274. The van der Waals surface area contributed by atoms with Crippen molar-refractivity contribution in [3.05, 3.63) is 84.7 Å². The van der Waals surface area contributed by atoms with Crippen LogP contribution in [0.25, 0.3) is 39.3 Å². The molecular formula is C27H19F6N5O3S. The number of halogens is 6. The highest BCUT2D eigenvalue weighted by molar-refractivity contribution is 7.90. The molecular weight excluding hydrogens is 588 g/mol. The maximum Gasteiger partial charge on any atom is 0.573 e. The van der Waals surface area contributed by atoms with Crippen LogP contribution in [0.5, 0.6) is 5.75 Å². The number of benzene rings is 3. The summed E-state index contributed by atoms with van der Waals surface area (Å²) < 4.78 is 109. The van der Waals surface area contributed by atoms with E-state index in [4.69, 9.17) is 0 Å². The number of hydrogen-bond acceptors (Lipinski definition) is 6. The summed E-state index contributed by atoms with van der Waals surface area (Å²) in [5.41, 5.74) is 1.18. The van der Waals surface area contributed by atoms with E-state index in [9.17, 15) is 34.8 Å². The third kappa shape index (κ3) is 6.00. The van der Waals surface area contributed by atoms with E-state index in [1.54, 1.807) is 30.3 Å². The van der Waals surface area contributed by atoms with Crippen LogP contribution in [0, 0.1) is 0 Å². The molecule has 0 bridgehead atoms. The standard InChI is InChI=1S/C27H19F6N5O3S/c1-37-22(14-25(35-37)26(28,29)30)21-11-8-18(17-4-3-5-20(12-17)42(2,39)40)13-23(21)38-24(15-34-36-38)16-6-9-19(10-7-16)41-27(31,32)33/h3-15H,1-2H3. The Bertz CT molecular complexity index is 1880. The minimum atomic E-state index is -4.88. The molecule has 2 aromatic heterocycles. The van der Waals surface area contributed by atoms with Gasteiger partial charge in [0.2, 0.25) is 0 Å². The van der Waals surface area contributed by atoms with Gasteiger partial charge in [-0.3, -0.25) is 4.68 Å². The van der Waals surface area contributed by atoms with Crippen LogP contribution in [-0.4, -0.2) is 45.8 Å². The maximum absolute atomic E-state index is 13.5. The maximum atomic E-state index is 13.5. The number of nitrogens with zero attached hydrogens (tertiary/aromatic N) is 5. The number of hydrogen-bond donors (Lipinski definition) is 0. The third-order valence-corrected chi connectivity index (χ3v) is 7.31. The monoisotopic (exact) mass is 607 g/mol. The lowest BCUT2D eigenvalue weighted by Gasteiger charge is -2.15. The summed E-state index contributed by atoms with van der Waals surface area (Å²) in [6.07, 6.45) is -7.19. The van der Waals surface area contributed by atoms with Crippen molar-refractivity contribution in [2.24, 2.45) is 7.05 Å². The molecule has 0 spiro atoms. The Morgan fingerprint density at radius 2 is 1.48 bits per heavy atom. The van der Waals surface area contributed by atoms with Gasteiger partial charge < -0.3 is 4.74 Å².